The first-order chi connectivity index (χ1) is 11.9. The number of nitrogens with zero attached hydrogens (tertiary/aromatic N) is 3. The van der Waals surface area contributed by atoms with Crippen LogP contribution in [0.5, 0.6) is 0 Å². The van der Waals surface area contributed by atoms with Gasteiger partial charge < -0.3 is 9.30 Å². The molecule has 0 fully saturated rings. The second kappa shape index (κ2) is 8.37. The van der Waals surface area contributed by atoms with Gasteiger partial charge in [-0.3, -0.25) is 19.1 Å². The lowest BCUT2D eigenvalue weighted by atomic mass is 10.3. The summed E-state index contributed by atoms with van der Waals surface area (Å²) in [6, 6.07) is 0. The number of fused-ring (bicyclic) bond motifs is 1. The molecule has 2 rings (SSSR count). The summed E-state index contributed by atoms with van der Waals surface area (Å²) in [5.41, 5.74) is -0.285. The number of hydrogen-bond acceptors (Lipinski definition) is 6. The maximum atomic E-state index is 12.3. The molecule has 0 saturated carbocycles. The summed E-state index contributed by atoms with van der Waals surface area (Å²) in [7, 11) is 1.56. The third-order valence-corrected chi connectivity index (χ3v) is 5.21. The van der Waals surface area contributed by atoms with Crippen molar-refractivity contribution in [1.29, 1.82) is 0 Å². The van der Waals surface area contributed by atoms with Crippen molar-refractivity contribution in [3.63, 3.8) is 0 Å². The number of nitrogens with one attached hydrogen (secondary N) is 1. The Kier molecular flexibility index (Phi) is 6.46. The molecule has 8 nitrogen and oxygen atoms in total. The van der Waals surface area contributed by atoms with Crippen LogP contribution in [-0.2, 0) is 23.1 Å². The summed E-state index contributed by atoms with van der Waals surface area (Å²) < 4.78 is 8.22. The maximum Gasteiger partial charge on any atom is 0.329 e. The number of ether oxygens (including phenoxy) is 1. The minimum absolute atomic E-state index is 0.299. The summed E-state index contributed by atoms with van der Waals surface area (Å²) >= 11 is 1.27. The van der Waals surface area contributed by atoms with Crippen molar-refractivity contribution >= 4 is 28.9 Å². The smallest absolute Gasteiger partial charge is 0.329 e. The molecule has 1 atom stereocenters. The van der Waals surface area contributed by atoms with E-state index in [9.17, 15) is 14.4 Å². The van der Waals surface area contributed by atoms with Gasteiger partial charge in [0.1, 0.15) is 5.25 Å². The number of aryl methyl sites for hydroxylation is 2. The minimum atomic E-state index is -0.508. The number of aromatic nitrogens is 4. The lowest BCUT2D eigenvalue weighted by molar-refractivity contribution is -0.142. The van der Waals surface area contributed by atoms with Gasteiger partial charge >= 0.3 is 11.7 Å². The molecule has 0 aliphatic carbocycles. The van der Waals surface area contributed by atoms with Crippen LogP contribution in [0.1, 0.15) is 40.0 Å². The highest BCUT2D eigenvalue weighted by atomic mass is 32.2. The average molecular weight is 368 g/mol. The van der Waals surface area contributed by atoms with E-state index in [0.29, 0.717) is 35.9 Å². The highest BCUT2D eigenvalue weighted by molar-refractivity contribution is 8.00. The highest BCUT2D eigenvalue weighted by Crippen LogP contribution is 2.28. The first-order valence-corrected chi connectivity index (χ1v) is 9.35. The molecule has 0 radical (unpaired) electrons. The first-order valence-electron chi connectivity index (χ1n) is 8.47. The van der Waals surface area contributed by atoms with Gasteiger partial charge in [0, 0.05) is 13.6 Å². The Morgan fingerprint density at radius 1 is 1.32 bits per heavy atom. The Labute approximate surface area is 149 Å². The molecule has 0 saturated heterocycles. The number of hydrogen-bond donors (Lipinski definition) is 1. The zero-order valence-electron chi connectivity index (χ0n) is 15.0. The van der Waals surface area contributed by atoms with Crippen LogP contribution < -0.4 is 11.2 Å². The van der Waals surface area contributed by atoms with Crippen LogP contribution >= 0.6 is 11.8 Å². The Morgan fingerprint density at radius 3 is 2.64 bits per heavy atom. The van der Waals surface area contributed by atoms with Crippen LogP contribution in [0, 0.1) is 0 Å². The Hall–Kier alpha value is -2.03. The summed E-state index contributed by atoms with van der Waals surface area (Å²) in [4.78, 5) is 43.0. The number of carbonyl (C=O) groups excluding carboxylic acids is 1. The van der Waals surface area contributed by atoms with Crippen LogP contribution in [0.15, 0.2) is 14.7 Å². The fourth-order valence-electron chi connectivity index (χ4n) is 2.49. The number of thioether (sulfide) groups is 1. The molecule has 0 bridgehead atoms. The molecule has 1 unspecified atom stereocenters. The number of rotatable bonds is 8. The van der Waals surface area contributed by atoms with E-state index in [1.807, 2.05) is 6.92 Å². The van der Waals surface area contributed by atoms with Crippen LogP contribution in [-0.4, -0.2) is 36.9 Å². The Morgan fingerprint density at radius 2 is 2.04 bits per heavy atom. The van der Waals surface area contributed by atoms with Crippen LogP contribution in [0.4, 0.5) is 0 Å². The molecule has 0 spiro atoms. The van der Waals surface area contributed by atoms with Crippen molar-refractivity contribution in [3.8, 4) is 0 Å². The third kappa shape index (κ3) is 3.97. The predicted molar refractivity (Wildman–Crippen MR) is 97.1 cm³/mol. The summed E-state index contributed by atoms with van der Waals surface area (Å²) in [5, 5.41) is 0.142. The van der Waals surface area contributed by atoms with Crippen molar-refractivity contribution in [1.82, 2.24) is 19.1 Å². The van der Waals surface area contributed by atoms with E-state index in [4.69, 9.17) is 4.74 Å². The van der Waals surface area contributed by atoms with E-state index < -0.39 is 16.5 Å². The quantitative estimate of drug-likeness (QED) is 0.562. The normalized spacial score (nSPS) is 12.5. The van der Waals surface area contributed by atoms with Crippen molar-refractivity contribution in [2.75, 3.05) is 6.61 Å². The zero-order valence-corrected chi connectivity index (χ0v) is 15.8. The molecule has 0 aliphatic heterocycles. The van der Waals surface area contributed by atoms with Crippen molar-refractivity contribution in [2.45, 2.75) is 57.0 Å². The van der Waals surface area contributed by atoms with E-state index in [1.165, 1.54) is 16.3 Å². The Bertz CT molecular complexity index is 867. The van der Waals surface area contributed by atoms with Crippen LogP contribution in [0.2, 0.25) is 0 Å². The number of aromatic amines is 1. The van der Waals surface area contributed by atoms with E-state index in [-0.39, 0.29) is 5.97 Å². The zero-order chi connectivity index (χ0) is 18.6. The lowest BCUT2D eigenvalue weighted by Gasteiger charge is -2.14. The predicted octanol–water partition coefficient (Wildman–Crippen LogP) is 1.66. The topological polar surface area (TPSA) is 99.0 Å². The van der Waals surface area contributed by atoms with Gasteiger partial charge in [-0.1, -0.05) is 32.0 Å². The van der Waals surface area contributed by atoms with Gasteiger partial charge in [0.05, 0.1) is 6.61 Å². The van der Waals surface area contributed by atoms with Gasteiger partial charge in [0.15, 0.2) is 16.3 Å². The van der Waals surface area contributed by atoms with E-state index in [2.05, 4.69) is 16.9 Å². The van der Waals surface area contributed by atoms with Crippen molar-refractivity contribution in [2.24, 2.45) is 7.05 Å². The second-order valence-corrected chi connectivity index (χ2v) is 6.83. The van der Waals surface area contributed by atoms with E-state index in [1.54, 1.807) is 18.5 Å². The number of imidazole rings is 1. The van der Waals surface area contributed by atoms with Crippen molar-refractivity contribution in [3.05, 3.63) is 20.8 Å². The Balaban J connectivity index is 2.56. The molecular weight excluding hydrogens is 344 g/mol. The van der Waals surface area contributed by atoms with Gasteiger partial charge in [0.2, 0.25) is 0 Å². The fraction of sp³-hybridized carbons (Fsp3) is 0.625. The fourth-order valence-corrected chi connectivity index (χ4v) is 3.52. The molecule has 25 heavy (non-hydrogen) atoms. The molecule has 138 valence electrons. The van der Waals surface area contributed by atoms with Gasteiger partial charge in [-0.25, -0.2) is 9.78 Å². The molecule has 0 amide bonds. The summed E-state index contributed by atoms with van der Waals surface area (Å²) in [6.45, 7) is 6.63. The lowest BCUT2D eigenvalue weighted by Crippen LogP contribution is -2.29. The van der Waals surface area contributed by atoms with Crippen LogP contribution in [0.25, 0.3) is 11.2 Å². The van der Waals surface area contributed by atoms with Crippen LogP contribution in [0.3, 0.4) is 0 Å². The molecule has 2 aromatic rings. The van der Waals surface area contributed by atoms with Gasteiger partial charge in [-0.2, -0.15) is 0 Å². The standard InChI is InChI=1S/C16H24N4O4S/c1-5-8-9-20-11-12(19(4)15(23)18-13(11)21)17-16(20)25-10(6-2)14(22)24-7-3/h10H,5-9H2,1-4H3,(H,18,21,23). The largest absolute Gasteiger partial charge is 0.465 e. The third-order valence-electron chi connectivity index (χ3n) is 3.88. The highest BCUT2D eigenvalue weighted by Gasteiger charge is 2.24. The molecule has 0 aliphatic rings. The minimum Gasteiger partial charge on any atom is -0.465 e. The number of esters is 1. The monoisotopic (exact) mass is 368 g/mol. The van der Waals surface area contributed by atoms with Gasteiger partial charge in [-0.15, -0.1) is 0 Å². The maximum absolute atomic E-state index is 12.3. The second-order valence-electron chi connectivity index (χ2n) is 5.66. The SMILES string of the molecule is CCCCn1c(SC(CC)C(=O)OCC)nc2c1c(=O)[nH]c(=O)n2C. The molecule has 9 heteroatoms. The summed E-state index contributed by atoms with van der Waals surface area (Å²) in [5.74, 6) is -0.299. The first kappa shape index (κ1) is 19.3. The molecule has 2 aromatic heterocycles. The molecule has 2 heterocycles. The number of carbonyl (C=O) groups is 1. The molecule has 0 aromatic carbocycles. The number of unbranched alkanes of at least 4 members (excludes halogenated alkanes) is 1. The van der Waals surface area contributed by atoms with E-state index >= 15 is 0 Å². The molecular formula is C16H24N4O4S. The molecule has 1 N–H and O–H groups in total. The summed E-state index contributed by atoms with van der Waals surface area (Å²) in [6.07, 6.45) is 2.38. The number of H-pyrrole nitrogens is 1. The van der Waals surface area contributed by atoms with Gasteiger partial charge in [0.25, 0.3) is 5.56 Å². The van der Waals surface area contributed by atoms with Crippen molar-refractivity contribution < 1.29 is 9.53 Å². The van der Waals surface area contributed by atoms with Gasteiger partial charge in [-0.05, 0) is 19.8 Å². The van der Waals surface area contributed by atoms with E-state index in [0.717, 1.165) is 12.8 Å². The average Bonchev–Trinajstić information content (AvgIpc) is 2.94.